The molecule has 0 radical (unpaired) electrons. The minimum atomic E-state index is -4.49. The van der Waals surface area contributed by atoms with Gasteiger partial charge in [0, 0.05) is 23.5 Å². The summed E-state index contributed by atoms with van der Waals surface area (Å²) in [7, 11) is 0. The van der Waals surface area contributed by atoms with Crippen LogP contribution >= 0.6 is 11.6 Å². The molecular weight excluding hydrogens is 434 g/mol. The van der Waals surface area contributed by atoms with Crippen molar-refractivity contribution in [2.24, 2.45) is 5.73 Å². The first-order chi connectivity index (χ1) is 14.6. The summed E-state index contributed by atoms with van der Waals surface area (Å²) in [6, 6.07) is 11.1. The smallest absolute Gasteiger partial charge is 0.381 e. The van der Waals surface area contributed by atoms with Gasteiger partial charge in [0.25, 0.3) is 0 Å². The van der Waals surface area contributed by atoms with Gasteiger partial charge in [0.2, 0.25) is 5.91 Å². The normalized spacial score (nSPS) is 12.5. The number of primary amides is 1. The van der Waals surface area contributed by atoms with Crippen molar-refractivity contribution in [3.05, 3.63) is 93.5 Å². The lowest BCUT2D eigenvalue weighted by molar-refractivity contribution is -0.141. The van der Waals surface area contributed by atoms with E-state index in [1.165, 1.54) is 24.3 Å². The zero-order chi connectivity index (χ0) is 22.8. The van der Waals surface area contributed by atoms with E-state index < -0.39 is 29.5 Å². The molecule has 0 aliphatic rings. The number of nitrogens with two attached hydrogens (primary N) is 1. The van der Waals surface area contributed by atoms with Crippen molar-refractivity contribution in [2.45, 2.75) is 25.6 Å². The van der Waals surface area contributed by atoms with Gasteiger partial charge in [0.1, 0.15) is 11.5 Å². The number of aromatic nitrogens is 1. The Balaban J connectivity index is 1.83. The molecule has 0 aliphatic carbocycles. The Morgan fingerprint density at radius 3 is 2.48 bits per heavy atom. The summed E-state index contributed by atoms with van der Waals surface area (Å²) >= 11 is 6.44. The molecule has 9 heteroatoms. The van der Waals surface area contributed by atoms with Crippen molar-refractivity contribution in [3.63, 3.8) is 0 Å². The average molecular weight is 452 g/mol. The van der Waals surface area contributed by atoms with Crippen molar-refractivity contribution in [1.82, 2.24) is 4.98 Å². The van der Waals surface area contributed by atoms with Crippen LogP contribution in [0.15, 0.2) is 54.7 Å². The zero-order valence-corrected chi connectivity index (χ0v) is 17.1. The number of carbonyl (C=O) groups excluding carboxylic acids is 1. The first-order valence-corrected chi connectivity index (χ1v) is 9.55. The van der Waals surface area contributed by atoms with Gasteiger partial charge < -0.3 is 11.1 Å². The third-order valence-electron chi connectivity index (χ3n) is 4.70. The van der Waals surface area contributed by atoms with E-state index in [0.29, 0.717) is 27.9 Å². The highest BCUT2D eigenvalue weighted by Crippen LogP contribution is 2.35. The summed E-state index contributed by atoms with van der Waals surface area (Å²) in [5.41, 5.74) is 7.24. The number of aryl methyl sites for hydroxylation is 1. The lowest BCUT2D eigenvalue weighted by Gasteiger charge is -2.20. The predicted molar refractivity (Wildman–Crippen MR) is 110 cm³/mol. The first kappa shape index (κ1) is 22.6. The first-order valence-electron chi connectivity index (χ1n) is 9.17. The molecule has 1 atom stereocenters. The third kappa shape index (κ3) is 5.32. The summed E-state index contributed by atoms with van der Waals surface area (Å²) in [4.78, 5) is 15.6. The molecule has 1 unspecified atom stereocenters. The molecule has 162 valence electrons. The highest BCUT2D eigenvalue weighted by Gasteiger charge is 2.32. The molecule has 0 fully saturated rings. The minimum Gasteiger partial charge on any atom is -0.381 e. The van der Waals surface area contributed by atoms with Gasteiger partial charge in [-0.25, -0.2) is 4.39 Å². The van der Waals surface area contributed by atoms with Crippen LogP contribution in [0.3, 0.4) is 0 Å². The maximum atomic E-state index is 13.7. The molecule has 3 aromatic rings. The Kier molecular flexibility index (Phi) is 6.50. The Bertz CT molecular complexity index is 1080. The van der Waals surface area contributed by atoms with Gasteiger partial charge in [-0.1, -0.05) is 29.8 Å². The third-order valence-corrected chi connectivity index (χ3v) is 5.02. The molecule has 0 aliphatic heterocycles. The minimum absolute atomic E-state index is 0.212. The van der Waals surface area contributed by atoms with Crippen LogP contribution in [-0.4, -0.2) is 10.9 Å². The average Bonchev–Trinajstić information content (AvgIpc) is 2.68. The number of hydrogen-bond donors (Lipinski definition) is 2. The number of amides is 1. The molecule has 3 rings (SSSR count). The number of anilines is 1. The highest BCUT2D eigenvalue weighted by molar-refractivity contribution is 6.32. The summed E-state index contributed by atoms with van der Waals surface area (Å²) in [6.45, 7) is 1.95. The zero-order valence-electron chi connectivity index (χ0n) is 16.3. The fraction of sp³-hybridized carbons (Fsp3) is 0.182. The lowest BCUT2D eigenvalue weighted by atomic mass is 9.87. The molecule has 1 heterocycles. The van der Waals surface area contributed by atoms with Gasteiger partial charge in [-0.15, -0.1) is 0 Å². The van der Waals surface area contributed by atoms with Crippen molar-refractivity contribution in [2.75, 3.05) is 5.32 Å². The number of carbonyl (C=O) groups is 1. The maximum absolute atomic E-state index is 13.7. The van der Waals surface area contributed by atoms with Gasteiger partial charge in [-0.2, -0.15) is 13.2 Å². The largest absolute Gasteiger partial charge is 0.433 e. The highest BCUT2D eigenvalue weighted by atomic mass is 35.5. The second-order valence-electron chi connectivity index (χ2n) is 6.98. The Hall–Kier alpha value is -3.13. The van der Waals surface area contributed by atoms with Gasteiger partial charge >= 0.3 is 6.18 Å². The number of nitrogens with one attached hydrogen (secondary N) is 1. The molecule has 1 aromatic heterocycles. The summed E-state index contributed by atoms with van der Waals surface area (Å²) in [5, 5.41) is 3.31. The molecule has 0 spiro atoms. The van der Waals surface area contributed by atoms with Gasteiger partial charge in [-0.3, -0.25) is 9.78 Å². The second kappa shape index (κ2) is 8.93. The summed E-state index contributed by atoms with van der Waals surface area (Å²) < 4.78 is 51.5. The number of alkyl halides is 3. The molecule has 0 saturated carbocycles. The van der Waals surface area contributed by atoms with Crippen LogP contribution in [0.1, 0.15) is 33.9 Å². The maximum Gasteiger partial charge on any atom is 0.433 e. The van der Waals surface area contributed by atoms with Gasteiger partial charge in [-0.05, 0) is 59.5 Å². The molecule has 3 N–H and O–H groups in total. The summed E-state index contributed by atoms with van der Waals surface area (Å²) in [6.07, 6.45) is -3.35. The monoisotopic (exact) mass is 451 g/mol. The second-order valence-corrected chi connectivity index (χ2v) is 7.39. The van der Waals surface area contributed by atoms with E-state index in [2.05, 4.69) is 10.3 Å². The van der Waals surface area contributed by atoms with E-state index in [1.54, 1.807) is 25.1 Å². The number of pyridine rings is 1. The van der Waals surface area contributed by atoms with Crippen LogP contribution in [-0.2, 0) is 17.5 Å². The van der Waals surface area contributed by atoms with Crippen molar-refractivity contribution < 1.29 is 22.4 Å². The number of halogens is 5. The lowest BCUT2D eigenvalue weighted by Crippen LogP contribution is -2.23. The van der Waals surface area contributed by atoms with E-state index >= 15 is 0 Å². The number of rotatable bonds is 6. The number of benzene rings is 2. The molecule has 2 aromatic carbocycles. The Morgan fingerprint density at radius 1 is 1.19 bits per heavy atom. The van der Waals surface area contributed by atoms with E-state index in [1.807, 2.05) is 0 Å². The standard InChI is InChI=1S/C22H18ClF4N3O/c1-12-7-16(29-10-13-5-6-18(30-11-13)22(25,26)27)9-17(23)19(12)20(21(28)31)14-3-2-4-15(24)8-14/h2-9,11,20,29H,10H2,1H3,(H2,28,31). The van der Waals surface area contributed by atoms with Gasteiger partial charge in [0.05, 0.1) is 5.92 Å². The van der Waals surface area contributed by atoms with Crippen LogP contribution < -0.4 is 11.1 Å². The van der Waals surface area contributed by atoms with Crippen LogP contribution in [0.25, 0.3) is 0 Å². The molecule has 4 nitrogen and oxygen atoms in total. The van der Waals surface area contributed by atoms with Crippen molar-refractivity contribution in [3.8, 4) is 0 Å². The fourth-order valence-corrected chi connectivity index (χ4v) is 3.66. The van der Waals surface area contributed by atoms with Crippen molar-refractivity contribution in [1.29, 1.82) is 0 Å². The van der Waals surface area contributed by atoms with Crippen LogP contribution in [0.5, 0.6) is 0 Å². The topological polar surface area (TPSA) is 68.0 Å². The molecular formula is C22H18ClF4N3O. The molecule has 31 heavy (non-hydrogen) atoms. The molecule has 0 bridgehead atoms. The van der Waals surface area contributed by atoms with E-state index in [-0.39, 0.29) is 11.6 Å². The molecule has 1 amide bonds. The predicted octanol–water partition coefficient (Wildman–Crippen LogP) is 5.43. The Labute approximate surface area is 181 Å². The van der Waals surface area contributed by atoms with Crippen LogP contribution in [0.4, 0.5) is 23.2 Å². The number of nitrogens with zero attached hydrogens (tertiary/aromatic N) is 1. The fourth-order valence-electron chi connectivity index (χ4n) is 3.28. The number of hydrogen-bond acceptors (Lipinski definition) is 3. The van der Waals surface area contributed by atoms with Crippen LogP contribution in [0, 0.1) is 12.7 Å². The summed E-state index contributed by atoms with van der Waals surface area (Å²) in [5.74, 6) is -2.11. The van der Waals surface area contributed by atoms with Crippen molar-refractivity contribution >= 4 is 23.2 Å². The quantitative estimate of drug-likeness (QED) is 0.491. The van der Waals surface area contributed by atoms with E-state index in [9.17, 15) is 22.4 Å². The van der Waals surface area contributed by atoms with Gasteiger partial charge in [0.15, 0.2) is 0 Å². The van der Waals surface area contributed by atoms with Crippen LogP contribution in [0.2, 0.25) is 5.02 Å². The molecule has 0 saturated heterocycles. The van der Waals surface area contributed by atoms with E-state index in [0.717, 1.165) is 12.3 Å². The SMILES string of the molecule is Cc1cc(NCc2ccc(C(F)(F)F)nc2)cc(Cl)c1C(C(N)=O)c1cccc(F)c1. The van der Waals surface area contributed by atoms with E-state index in [4.69, 9.17) is 17.3 Å². The Morgan fingerprint density at radius 2 is 1.94 bits per heavy atom.